The van der Waals surface area contributed by atoms with Crippen LogP contribution in [0.2, 0.25) is 0 Å². The van der Waals surface area contributed by atoms with Gasteiger partial charge in [-0.15, -0.1) is 0 Å². The number of carbonyl (C=O) groups is 2. The van der Waals surface area contributed by atoms with Gasteiger partial charge in [-0.2, -0.15) is 0 Å². The molecular formula is C17H24N4O2. The van der Waals surface area contributed by atoms with E-state index in [9.17, 15) is 9.59 Å². The number of piperazine rings is 1. The topological polar surface area (TPSA) is 75.2 Å². The molecule has 124 valence electrons. The van der Waals surface area contributed by atoms with Crippen LogP contribution in [0, 0.1) is 5.92 Å². The molecule has 1 unspecified atom stereocenters. The van der Waals surface area contributed by atoms with Gasteiger partial charge in [-0.1, -0.05) is 32.1 Å². The van der Waals surface area contributed by atoms with Crippen LogP contribution in [0.1, 0.15) is 44.1 Å². The Hall–Kier alpha value is -1.98. The molecule has 2 fully saturated rings. The highest BCUT2D eigenvalue weighted by Crippen LogP contribution is 2.29. The van der Waals surface area contributed by atoms with Crippen molar-refractivity contribution in [2.45, 2.75) is 51.0 Å². The fourth-order valence-corrected chi connectivity index (χ4v) is 3.68. The van der Waals surface area contributed by atoms with Crippen LogP contribution in [-0.4, -0.2) is 45.8 Å². The van der Waals surface area contributed by atoms with Gasteiger partial charge < -0.3 is 10.2 Å². The minimum Gasteiger partial charge on any atom is -0.353 e. The first-order valence-electron chi connectivity index (χ1n) is 8.55. The lowest BCUT2D eigenvalue weighted by Gasteiger charge is -2.37. The molecule has 0 aromatic carbocycles. The van der Waals surface area contributed by atoms with Crippen LogP contribution in [0.25, 0.3) is 0 Å². The molecule has 1 aliphatic heterocycles. The third-order valence-corrected chi connectivity index (χ3v) is 4.90. The van der Waals surface area contributed by atoms with Crippen molar-refractivity contribution in [3.63, 3.8) is 0 Å². The fourth-order valence-electron chi connectivity index (χ4n) is 3.68. The zero-order valence-electron chi connectivity index (χ0n) is 13.4. The van der Waals surface area contributed by atoms with Gasteiger partial charge in [0.15, 0.2) is 0 Å². The molecule has 23 heavy (non-hydrogen) atoms. The molecule has 1 saturated carbocycles. The van der Waals surface area contributed by atoms with Crippen molar-refractivity contribution in [2.24, 2.45) is 5.92 Å². The standard InChI is InChI=1S/C17H24N4O2/c22-16(9-14-10-18-12-19-11-14)21-7-6-20-17(23)15(21)8-13-4-2-1-3-5-13/h10-13,15H,1-9H2,(H,20,23). The van der Waals surface area contributed by atoms with Crippen LogP contribution >= 0.6 is 0 Å². The minimum absolute atomic E-state index is 0.000477. The van der Waals surface area contributed by atoms with E-state index >= 15 is 0 Å². The lowest BCUT2D eigenvalue weighted by Crippen LogP contribution is -2.58. The summed E-state index contributed by atoms with van der Waals surface area (Å²) in [4.78, 5) is 34.6. The molecule has 3 rings (SSSR count). The molecule has 1 aliphatic carbocycles. The van der Waals surface area contributed by atoms with Crippen LogP contribution < -0.4 is 5.32 Å². The second-order valence-electron chi connectivity index (χ2n) is 6.56. The lowest BCUT2D eigenvalue weighted by molar-refractivity contribution is -0.143. The Labute approximate surface area is 136 Å². The molecule has 0 spiro atoms. The van der Waals surface area contributed by atoms with Crippen LogP contribution in [-0.2, 0) is 16.0 Å². The number of hydrogen-bond acceptors (Lipinski definition) is 4. The van der Waals surface area contributed by atoms with E-state index in [4.69, 9.17) is 0 Å². The average molecular weight is 316 g/mol. The Morgan fingerprint density at radius 1 is 1.22 bits per heavy atom. The van der Waals surface area contributed by atoms with E-state index in [-0.39, 0.29) is 24.3 Å². The van der Waals surface area contributed by atoms with Crippen LogP contribution in [0.15, 0.2) is 18.7 Å². The molecule has 2 amide bonds. The molecular weight excluding hydrogens is 292 g/mol. The Balaban J connectivity index is 1.66. The van der Waals surface area contributed by atoms with Gasteiger partial charge in [0.1, 0.15) is 12.4 Å². The molecule has 6 heteroatoms. The van der Waals surface area contributed by atoms with Crippen molar-refractivity contribution in [1.82, 2.24) is 20.2 Å². The predicted octanol–water partition coefficient (Wildman–Crippen LogP) is 1.32. The van der Waals surface area contributed by atoms with Crippen molar-refractivity contribution >= 4 is 11.8 Å². The summed E-state index contributed by atoms with van der Waals surface area (Å²) in [5.41, 5.74) is 0.792. The van der Waals surface area contributed by atoms with E-state index in [1.807, 2.05) is 0 Å². The second-order valence-corrected chi connectivity index (χ2v) is 6.56. The SMILES string of the molecule is O=C1NCCN(C(=O)Cc2cncnc2)C1CC1CCCCC1. The molecule has 2 aliphatic rings. The monoisotopic (exact) mass is 316 g/mol. The van der Waals surface area contributed by atoms with Crippen molar-refractivity contribution in [3.05, 3.63) is 24.3 Å². The van der Waals surface area contributed by atoms with Crippen LogP contribution in [0.5, 0.6) is 0 Å². The zero-order valence-corrected chi connectivity index (χ0v) is 13.4. The molecule has 1 saturated heterocycles. The van der Waals surface area contributed by atoms with Gasteiger partial charge in [-0.25, -0.2) is 9.97 Å². The van der Waals surface area contributed by atoms with E-state index < -0.39 is 0 Å². The molecule has 0 radical (unpaired) electrons. The van der Waals surface area contributed by atoms with Gasteiger partial charge in [0.2, 0.25) is 11.8 Å². The van der Waals surface area contributed by atoms with E-state index in [2.05, 4.69) is 15.3 Å². The number of hydrogen-bond donors (Lipinski definition) is 1. The maximum atomic E-state index is 12.7. The number of amides is 2. The van der Waals surface area contributed by atoms with Crippen LogP contribution in [0.3, 0.4) is 0 Å². The summed E-state index contributed by atoms with van der Waals surface area (Å²) in [5, 5.41) is 2.91. The lowest BCUT2D eigenvalue weighted by atomic mass is 9.84. The van der Waals surface area contributed by atoms with E-state index in [1.54, 1.807) is 17.3 Å². The first-order valence-corrected chi connectivity index (χ1v) is 8.55. The number of nitrogens with zero attached hydrogens (tertiary/aromatic N) is 3. The summed E-state index contributed by atoms with van der Waals surface area (Å²) in [6, 6.07) is -0.316. The van der Waals surface area contributed by atoms with E-state index in [1.165, 1.54) is 38.4 Å². The minimum atomic E-state index is -0.316. The molecule has 1 aromatic rings. The van der Waals surface area contributed by atoms with Gasteiger partial charge in [-0.05, 0) is 17.9 Å². The van der Waals surface area contributed by atoms with Gasteiger partial charge in [0.05, 0.1) is 6.42 Å². The Morgan fingerprint density at radius 3 is 2.70 bits per heavy atom. The average Bonchev–Trinajstić information content (AvgIpc) is 2.58. The quantitative estimate of drug-likeness (QED) is 0.909. The summed E-state index contributed by atoms with van der Waals surface area (Å²) in [6.45, 7) is 1.13. The second kappa shape index (κ2) is 7.53. The third kappa shape index (κ3) is 4.06. The van der Waals surface area contributed by atoms with Gasteiger partial charge in [0.25, 0.3) is 0 Å². The Bertz CT molecular complexity index is 543. The first-order chi connectivity index (χ1) is 11.2. The summed E-state index contributed by atoms with van der Waals surface area (Å²) in [5.74, 6) is 0.558. The van der Waals surface area contributed by atoms with Crippen molar-refractivity contribution in [1.29, 1.82) is 0 Å². The molecule has 1 N–H and O–H groups in total. The number of aromatic nitrogens is 2. The molecule has 0 bridgehead atoms. The first kappa shape index (κ1) is 15.9. The highest BCUT2D eigenvalue weighted by molar-refractivity contribution is 5.89. The Kier molecular flexibility index (Phi) is 5.20. The molecule has 2 heterocycles. The van der Waals surface area contributed by atoms with Crippen molar-refractivity contribution in [2.75, 3.05) is 13.1 Å². The molecule has 1 atom stereocenters. The zero-order chi connectivity index (χ0) is 16.1. The Morgan fingerprint density at radius 2 is 1.96 bits per heavy atom. The van der Waals surface area contributed by atoms with Gasteiger partial charge in [-0.3, -0.25) is 9.59 Å². The van der Waals surface area contributed by atoms with Gasteiger partial charge >= 0.3 is 0 Å². The van der Waals surface area contributed by atoms with Crippen molar-refractivity contribution in [3.8, 4) is 0 Å². The van der Waals surface area contributed by atoms with Gasteiger partial charge in [0, 0.05) is 25.5 Å². The summed E-state index contributed by atoms with van der Waals surface area (Å²) >= 11 is 0. The van der Waals surface area contributed by atoms with Crippen LogP contribution in [0.4, 0.5) is 0 Å². The smallest absolute Gasteiger partial charge is 0.242 e. The third-order valence-electron chi connectivity index (χ3n) is 4.90. The van der Waals surface area contributed by atoms with E-state index in [0.717, 1.165) is 12.0 Å². The molecule has 1 aromatic heterocycles. The number of carbonyl (C=O) groups excluding carboxylic acids is 2. The number of rotatable bonds is 4. The van der Waals surface area contributed by atoms with E-state index in [0.29, 0.717) is 19.0 Å². The summed E-state index contributed by atoms with van der Waals surface area (Å²) in [6.07, 6.45) is 12.0. The summed E-state index contributed by atoms with van der Waals surface area (Å²) < 4.78 is 0. The highest BCUT2D eigenvalue weighted by atomic mass is 16.2. The maximum Gasteiger partial charge on any atom is 0.242 e. The highest BCUT2D eigenvalue weighted by Gasteiger charge is 2.34. The largest absolute Gasteiger partial charge is 0.353 e. The number of nitrogens with one attached hydrogen (secondary N) is 1. The van der Waals surface area contributed by atoms with Crippen molar-refractivity contribution < 1.29 is 9.59 Å². The fraction of sp³-hybridized carbons (Fsp3) is 0.647. The maximum absolute atomic E-state index is 12.7. The predicted molar refractivity (Wildman–Crippen MR) is 85.4 cm³/mol. The molecule has 6 nitrogen and oxygen atoms in total. The summed E-state index contributed by atoms with van der Waals surface area (Å²) in [7, 11) is 0. The normalized spacial score (nSPS) is 22.7.